The van der Waals surface area contributed by atoms with Crippen molar-refractivity contribution in [2.45, 2.75) is 18.5 Å². The zero-order chi connectivity index (χ0) is 20.2. The van der Waals surface area contributed by atoms with Gasteiger partial charge >= 0.3 is 18.3 Å². The summed E-state index contributed by atoms with van der Waals surface area (Å²) in [6, 6.07) is 3.29. The summed E-state index contributed by atoms with van der Waals surface area (Å²) in [7, 11) is 0. The molecule has 144 valence electrons. The maximum atomic E-state index is 13.1. The summed E-state index contributed by atoms with van der Waals surface area (Å²) in [5.74, 6) is -2.10. The number of rotatable bonds is 5. The molecule has 0 N–H and O–H groups in total. The van der Waals surface area contributed by atoms with Crippen molar-refractivity contribution in [3.8, 4) is 5.75 Å². The van der Waals surface area contributed by atoms with Gasteiger partial charge in [0.2, 0.25) is 0 Å². The normalized spacial score (nSPS) is 15.5. The molecule has 0 bridgehead atoms. The van der Waals surface area contributed by atoms with E-state index >= 15 is 0 Å². The number of alkyl halides is 6. The van der Waals surface area contributed by atoms with E-state index in [0.717, 1.165) is 24.3 Å². The number of hydrogen-bond donors (Lipinski definition) is 0. The first kappa shape index (κ1) is 20.2. The second-order valence-electron chi connectivity index (χ2n) is 5.06. The molecule has 5 nitrogen and oxygen atoms in total. The van der Waals surface area contributed by atoms with E-state index in [1.54, 1.807) is 0 Å². The second-order valence-corrected chi connectivity index (χ2v) is 5.06. The molecule has 0 radical (unpaired) electrons. The van der Waals surface area contributed by atoms with Gasteiger partial charge in [0.15, 0.2) is 5.78 Å². The third-order valence-corrected chi connectivity index (χ3v) is 3.00. The van der Waals surface area contributed by atoms with Crippen molar-refractivity contribution in [2.75, 3.05) is 0 Å². The molecule has 1 aromatic rings. The lowest BCUT2D eigenvalue weighted by Crippen LogP contribution is -2.45. The van der Waals surface area contributed by atoms with Gasteiger partial charge in [0.1, 0.15) is 11.5 Å². The van der Waals surface area contributed by atoms with E-state index < -0.39 is 30.2 Å². The van der Waals surface area contributed by atoms with Crippen molar-refractivity contribution < 1.29 is 45.5 Å². The number of halogens is 6. The van der Waals surface area contributed by atoms with Crippen LogP contribution in [0.3, 0.4) is 0 Å². The minimum absolute atomic E-state index is 0.156. The highest BCUT2D eigenvalue weighted by Crippen LogP contribution is 2.36. The molecule has 0 unspecified atom stereocenters. The third-order valence-electron chi connectivity index (χ3n) is 3.00. The third kappa shape index (κ3) is 5.43. The minimum Gasteiger partial charge on any atom is -0.430 e. The maximum Gasteiger partial charge on any atom is 0.439 e. The van der Waals surface area contributed by atoms with Crippen molar-refractivity contribution >= 4 is 17.5 Å². The molecule has 2 rings (SSSR count). The minimum atomic E-state index is -5.81. The second kappa shape index (κ2) is 7.64. The predicted octanol–water partition coefficient (Wildman–Crippen LogP) is 3.77. The highest BCUT2D eigenvalue weighted by molar-refractivity contribution is 6.16. The summed E-state index contributed by atoms with van der Waals surface area (Å²) >= 11 is 0. The Morgan fingerprint density at radius 1 is 0.963 bits per heavy atom. The molecule has 0 amide bonds. The molecule has 27 heavy (non-hydrogen) atoms. The van der Waals surface area contributed by atoms with Crippen LogP contribution in [0.4, 0.5) is 26.3 Å². The van der Waals surface area contributed by atoms with Crippen LogP contribution in [0.25, 0.3) is 0 Å². The summed E-state index contributed by atoms with van der Waals surface area (Å²) in [5, 5.41) is 3.44. The number of hydrogen-bond acceptors (Lipinski definition) is 5. The first-order chi connectivity index (χ1) is 12.5. The van der Waals surface area contributed by atoms with Gasteiger partial charge in [-0.25, -0.2) is 9.18 Å². The van der Waals surface area contributed by atoms with Crippen LogP contribution < -0.4 is 4.74 Å². The molecule has 0 fully saturated rings. The highest BCUT2D eigenvalue weighted by atomic mass is 19.4. The number of nitrogens with zero attached hydrogens (tertiary/aromatic N) is 1. The summed E-state index contributed by atoms with van der Waals surface area (Å²) in [6.07, 6.45) is -10.6. The van der Waals surface area contributed by atoms with Crippen molar-refractivity contribution in [1.29, 1.82) is 0 Å². The standard InChI is InChI=1S/C16H9F6NO4/c17-14(15(18,19)20)16(21,22)26-12-7-1-9(2-8-12)13(25)27-23-10-3-5-11(24)6-4-10/h1-8,14H/t14-/m0/s1. The molecule has 1 aliphatic rings. The zero-order valence-corrected chi connectivity index (χ0v) is 13.0. The summed E-state index contributed by atoms with van der Waals surface area (Å²) < 4.78 is 78.9. The largest absolute Gasteiger partial charge is 0.439 e. The number of carbonyl (C=O) groups excluding carboxylic acids is 2. The topological polar surface area (TPSA) is 65.0 Å². The van der Waals surface area contributed by atoms with Crippen molar-refractivity contribution in [1.82, 2.24) is 0 Å². The van der Waals surface area contributed by atoms with Crippen molar-refractivity contribution in [3.05, 3.63) is 54.1 Å². The zero-order valence-electron chi connectivity index (χ0n) is 13.0. The summed E-state index contributed by atoms with van der Waals surface area (Å²) in [4.78, 5) is 27.2. The Morgan fingerprint density at radius 3 is 2.04 bits per heavy atom. The van der Waals surface area contributed by atoms with Crippen LogP contribution >= 0.6 is 0 Å². The van der Waals surface area contributed by atoms with Crippen LogP contribution in [0.5, 0.6) is 5.75 Å². The Kier molecular flexibility index (Phi) is 5.72. The monoisotopic (exact) mass is 393 g/mol. The number of ketones is 1. The highest BCUT2D eigenvalue weighted by Gasteiger charge is 2.59. The Balaban J connectivity index is 2.01. The van der Waals surface area contributed by atoms with Gasteiger partial charge in [-0.05, 0) is 48.6 Å². The van der Waals surface area contributed by atoms with Crippen LogP contribution in [-0.2, 0) is 9.63 Å². The molecule has 1 aromatic carbocycles. The maximum absolute atomic E-state index is 13.1. The molecule has 11 heteroatoms. The first-order valence-corrected chi connectivity index (χ1v) is 7.06. The van der Waals surface area contributed by atoms with E-state index in [1.807, 2.05) is 0 Å². The van der Waals surface area contributed by atoms with E-state index in [9.17, 15) is 35.9 Å². The van der Waals surface area contributed by atoms with Gasteiger partial charge in [0.25, 0.3) is 6.17 Å². The fourth-order valence-corrected chi connectivity index (χ4v) is 1.71. The average molecular weight is 393 g/mol. The SMILES string of the molecule is O=C1C=CC(=NOC(=O)c2ccc(OC(F)(F)[C@@H](F)C(F)(F)F)cc2)C=C1. The van der Waals surface area contributed by atoms with Crippen LogP contribution in [0.15, 0.2) is 53.7 Å². The Labute approximate surface area is 147 Å². The van der Waals surface area contributed by atoms with Gasteiger partial charge in [-0.15, -0.1) is 0 Å². The van der Waals surface area contributed by atoms with Gasteiger partial charge in [0, 0.05) is 0 Å². The Morgan fingerprint density at radius 2 is 1.52 bits per heavy atom. The van der Waals surface area contributed by atoms with Gasteiger partial charge in [0.05, 0.1) is 5.56 Å². The Hall–Kier alpha value is -3.11. The van der Waals surface area contributed by atoms with Gasteiger partial charge in [-0.3, -0.25) is 4.79 Å². The van der Waals surface area contributed by atoms with E-state index in [4.69, 9.17) is 0 Å². The molecule has 0 saturated heterocycles. The smallest absolute Gasteiger partial charge is 0.430 e. The summed E-state index contributed by atoms with van der Waals surface area (Å²) in [5.41, 5.74) is -0.0360. The number of allylic oxidation sites excluding steroid dienone is 4. The van der Waals surface area contributed by atoms with E-state index in [-0.39, 0.29) is 17.1 Å². The van der Waals surface area contributed by atoms with Crippen LogP contribution in [0.1, 0.15) is 10.4 Å². The van der Waals surface area contributed by atoms with Gasteiger partial charge in [-0.2, -0.15) is 22.0 Å². The quantitative estimate of drug-likeness (QED) is 0.331. The van der Waals surface area contributed by atoms with E-state index in [1.165, 1.54) is 24.3 Å². The number of oxime groups is 1. The average Bonchev–Trinajstić information content (AvgIpc) is 2.60. The van der Waals surface area contributed by atoms with Gasteiger partial charge < -0.3 is 9.57 Å². The fraction of sp³-hybridized carbons (Fsp3) is 0.188. The molecule has 1 atom stereocenters. The van der Waals surface area contributed by atoms with Gasteiger partial charge in [-0.1, -0.05) is 5.16 Å². The lowest BCUT2D eigenvalue weighted by atomic mass is 10.2. The molecule has 0 heterocycles. The first-order valence-electron chi connectivity index (χ1n) is 7.06. The fourth-order valence-electron chi connectivity index (χ4n) is 1.71. The molecular weight excluding hydrogens is 384 g/mol. The molecule has 1 aliphatic carbocycles. The predicted molar refractivity (Wildman–Crippen MR) is 79.1 cm³/mol. The lowest BCUT2D eigenvalue weighted by molar-refractivity contribution is -0.304. The number of benzene rings is 1. The Bertz CT molecular complexity index is 793. The summed E-state index contributed by atoms with van der Waals surface area (Å²) in [6.45, 7) is 0. The van der Waals surface area contributed by atoms with E-state index in [2.05, 4.69) is 14.7 Å². The van der Waals surface area contributed by atoms with Crippen LogP contribution in [0.2, 0.25) is 0 Å². The lowest BCUT2D eigenvalue weighted by Gasteiger charge is -2.23. The van der Waals surface area contributed by atoms with E-state index in [0.29, 0.717) is 0 Å². The molecule has 0 aliphatic heterocycles. The van der Waals surface area contributed by atoms with Crippen molar-refractivity contribution in [2.24, 2.45) is 5.16 Å². The van der Waals surface area contributed by atoms with Crippen LogP contribution in [-0.4, -0.2) is 35.9 Å². The number of ether oxygens (including phenoxy) is 1. The molecule has 0 spiro atoms. The van der Waals surface area contributed by atoms with Crippen molar-refractivity contribution in [3.63, 3.8) is 0 Å². The molecule has 0 aromatic heterocycles. The number of carbonyl (C=O) groups is 2. The van der Waals surface area contributed by atoms with Crippen LogP contribution in [0, 0.1) is 0 Å². The molecule has 0 saturated carbocycles. The molecular formula is C16H9F6NO4.